The predicted octanol–water partition coefficient (Wildman–Crippen LogP) is 2.89. The Morgan fingerprint density at radius 1 is 1.41 bits per heavy atom. The Bertz CT molecular complexity index is 326. The van der Waals surface area contributed by atoms with Crippen LogP contribution in [0.4, 0.5) is 0 Å². The normalized spacial score (nSPS) is 42.9. The van der Waals surface area contributed by atoms with Crippen molar-refractivity contribution in [1.29, 1.82) is 0 Å². The molecule has 0 saturated heterocycles. The Morgan fingerprint density at radius 3 is 2.65 bits per heavy atom. The van der Waals surface area contributed by atoms with Crippen molar-refractivity contribution in [1.82, 2.24) is 0 Å². The van der Waals surface area contributed by atoms with Crippen molar-refractivity contribution in [2.45, 2.75) is 65.1 Å². The summed E-state index contributed by atoms with van der Waals surface area (Å²) in [6, 6.07) is 0. The first-order valence-electron chi connectivity index (χ1n) is 6.82. The van der Waals surface area contributed by atoms with E-state index in [1.807, 2.05) is 13.8 Å². The predicted molar refractivity (Wildman–Crippen MR) is 69.6 cm³/mol. The van der Waals surface area contributed by atoms with E-state index in [0.29, 0.717) is 11.8 Å². The lowest BCUT2D eigenvalue weighted by molar-refractivity contribution is -0.0797. The summed E-state index contributed by atoms with van der Waals surface area (Å²) in [4.78, 5) is 0. The average Bonchev–Trinajstić information content (AvgIpc) is 2.22. The van der Waals surface area contributed by atoms with E-state index >= 15 is 0 Å². The molecule has 0 aromatic heterocycles. The van der Waals surface area contributed by atoms with Gasteiger partial charge in [-0.1, -0.05) is 18.6 Å². The fourth-order valence-corrected chi connectivity index (χ4v) is 3.79. The molecule has 0 spiro atoms. The maximum atomic E-state index is 10.3. The summed E-state index contributed by atoms with van der Waals surface area (Å²) in [6.45, 7) is 8.23. The van der Waals surface area contributed by atoms with Gasteiger partial charge in [0.05, 0.1) is 11.7 Å². The lowest BCUT2D eigenvalue weighted by Gasteiger charge is -2.52. The molecule has 0 aliphatic heterocycles. The lowest BCUT2D eigenvalue weighted by Crippen LogP contribution is -2.49. The highest BCUT2D eigenvalue weighted by atomic mass is 16.3. The molecule has 2 N–H and O–H groups in total. The van der Waals surface area contributed by atoms with Gasteiger partial charge in [0, 0.05) is 5.41 Å². The van der Waals surface area contributed by atoms with Gasteiger partial charge in [-0.2, -0.15) is 0 Å². The highest BCUT2D eigenvalue weighted by Gasteiger charge is 2.49. The number of allylic oxidation sites excluding steroid dienone is 1. The van der Waals surface area contributed by atoms with Gasteiger partial charge < -0.3 is 10.2 Å². The number of rotatable bonds is 1. The first-order chi connectivity index (χ1) is 7.75. The van der Waals surface area contributed by atoms with Crippen LogP contribution >= 0.6 is 0 Å². The smallest absolute Gasteiger partial charge is 0.0633 e. The molecule has 17 heavy (non-hydrogen) atoms. The van der Waals surface area contributed by atoms with Crippen molar-refractivity contribution in [2.75, 3.05) is 0 Å². The molecule has 0 unspecified atom stereocenters. The Balaban J connectivity index is 2.24. The van der Waals surface area contributed by atoms with Crippen LogP contribution in [-0.4, -0.2) is 21.9 Å². The summed E-state index contributed by atoms with van der Waals surface area (Å²) >= 11 is 0. The third kappa shape index (κ3) is 2.17. The van der Waals surface area contributed by atoms with Gasteiger partial charge in [-0.3, -0.25) is 0 Å². The Labute approximate surface area is 105 Å². The van der Waals surface area contributed by atoms with Crippen molar-refractivity contribution < 1.29 is 10.2 Å². The van der Waals surface area contributed by atoms with Gasteiger partial charge in [-0.05, 0) is 58.3 Å². The van der Waals surface area contributed by atoms with Crippen molar-refractivity contribution >= 4 is 0 Å². The van der Waals surface area contributed by atoms with Crippen molar-refractivity contribution in [2.24, 2.45) is 17.3 Å². The van der Waals surface area contributed by atoms with E-state index < -0.39 is 5.60 Å². The third-order valence-corrected chi connectivity index (χ3v) is 5.32. The maximum absolute atomic E-state index is 10.3. The largest absolute Gasteiger partial charge is 0.392 e. The zero-order valence-corrected chi connectivity index (χ0v) is 11.5. The van der Waals surface area contributed by atoms with E-state index in [1.54, 1.807) is 0 Å². The fraction of sp³-hybridized carbons (Fsp3) is 0.867. The standard InChI is InChI=1S/C15H26O2/c1-10-5-6-13(16)15(4)8-7-11(9-12(10)15)14(2,3)17/h5,11-13,16-17H,6-9H2,1-4H3/t11-,12+,13+,15-/m1/s1. The second-order valence-corrected chi connectivity index (χ2v) is 6.88. The van der Waals surface area contributed by atoms with Gasteiger partial charge in [-0.15, -0.1) is 0 Å². The molecule has 1 fully saturated rings. The molecule has 0 aromatic rings. The van der Waals surface area contributed by atoms with Crippen molar-refractivity contribution in [3.05, 3.63) is 11.6 Å². The summed E-state index contributed by atoms with van der Waals surface area (Å²) in [5.74, 6) is 0.797. The minimum absolute atomic E-state index is 0.0284. The Morgan fingerprint density at radius 2 is 2.06 bits per heavy atom. The van der Waals surface area contributed by atoms with Crippen LogP contribution in [0.1, 0.15) is 53.4 Å². The van der Waals surface area contributed by atoms with Crippen molar-refractivity contribution in [3.8, 4) is 0 Å². The van der Waals surface area contributed by atoms with E-state index in [9.17, 15) is 10.2 Å². The molecule has 0 radical (unpaired) electrons. The molecule has 0 amide bonds. The zero-order chi connectivity index (χ0) is 12.8. The highest BCUT2D eigenvalue weighted by molar-refractivity contribution is 5.18. The molecule has 1 saturated carbocycles. The van der Waals surface area contributed by atoms with Crippen LogP contribution in [0.2, 0.25) is 0 Å². The molecule has 4 atom stereocenters. The molecule has 2 rings (SSSR count). The summed E-state index contributed by atoms with van der Waals surface area (Å²) in [6.07, 6.45) is 5.84. The molecule has 2 aliphatic rings. The van der Waals surface area contributed by atoms with Crippen LogP contribution in [0, 0.1) is 17.3 Å². The van der Waals surface area contributed by atoms with Crippen LogP contribution in [0.15, 0.2) is 11.6 Å². The molecule has 0 aromatic carbocycles. The molecule has 0 heterocycles. The summed E-state index contributed by atoms with van der Waals surface area (Å²) in [7, 11) is 0. The second kappa shape index (κ2) is 4.10. The topological polar surface area (TPSA) is 40.5 Å². The molecular weight excluding hydrogens is 212 g/mol. The van der Waals surface area contributed by atoms with Gasteiger partial charge in [0.25, 0.3) is 0 Å². The molecule has 98 valence electrons. The first kappa shape index (κ1) is 13.1. The Kier molecular flexibility index (Phi) is 3.16. The minimum atomic E-state index is -0.593. The van der Waals surface area contributed by atoms with Gasteiger partial charge in [0.2, 0.25) is 0 Å². The summed E-state index contributed by atoms with van der Waals surface area (Å²) in [5.41, 5.74) is 0.844. The third-order valence-electron chi connectivity index (χ3n) is 5.32. The van der Waals surface area contributed by atoms with E-state index in [4.69, 9.17) is 0 Å². The van der Waals surface area contributed by atoms with Crippen LogP contribution in [0.25, 0.3) is 0 Å². The van der Waals surface area contributed by atoms with E-state index in [-0.39, 0.29) is 11.5 Å². The van der Waals surface area contributed by atoms with Gasteiger partial charge in [-0.25, -0.2) is 0 Å². The molecule has 2 aliphatic carbocycles. The Hall–Kier alpha value is -0.340. The number of fused-ring (bicyclic) bond motifs is 1. The molecule has 0 bridgehead atoms. The van der Waals surface area contributed by atoms with Gasteiger partial charge >= 0.3 is 0 Å². The van der Waals surface area contributed by atoms with Gasteiger partial charge in [0.1, 0.15) is 0 Å². The van der Waals surface area contributed by atoms with E-state index in [2.05, 4.69) is 19.9 Å². The number of aliphatic hydroxyl groups is 2. The lowest BCUT2D eigenvalue weighted by atomic mass is 9.55. The zero-order valence-electron chi connectivity index (χ0n) is 11.5. The quantitative estimate of drug-likeness (QED) is 0.690. The second-order valence-electron chi connectivity index (χ2n) is 6.88. The van der Waals surface area contributed by atoms with E-state index in [0.717, 1.165) is 25.7 Å². The molecular formula is C15H26O2. The van der Waals surface area contributed by atoms with E-state index in [1.165, 1.54) is 5.57 Å². The summed E-state index contributed by atoms with van der Waals surface area (Å²) < 4.78 is 0. The molecule has 2 heteroatoms. The average molecular weight is 238 g/mol. The number of hydrogen-bond acceptors (Lipinski definition) is 2. The number of hydrogen-bond donors (Lipinski definition) is 2. The fourth-order valence-electron chi connectivity index (χ4n) is 3.79. The van der Waals surface area contributed by atoms with Crippen LogP contribution < -0.4 is 0 Å². The van der Waals surface area contributed by atoms with Crippen LogP contribution in [0.3, 0.4) is 0 Å². The number of aliphatic hydroxyl groups excluding tert-OH is 1. The van der Waals surface area contributed by atoms with Gasteiger partial charge in [0.15, 0.2) is 0 Å². The van der Waals surface area contributed by atoms with Crippen molar-refractivity contribution in [3.63, 3.8) is 0 Å². The van der Waals surface area contributed by atoms with Crippen LogP contribution in [-0.2, 0) is 0 Å². The SMILES string of the molecule is CC1=CC[C@H](O)[C@]2(C)CC[C@@H](C(C)(C)O)C[C@@H]12. The van der Waals surface area contributed by atoms with Crippen LogP contribution in [0.5, 0.6) is 0 Å². The minimum Gasteiger partial charge on any atom is -0.392 e. The highest BCUT2D eigenvalue weighted by Crippen LogP contribution is 2.53. The maximum Gasteiger partial charge on any atom is 0.0633 e. The summed E-state index contributed by atoms with van der Waals surface area (Å²) in [5, 5.41) is 20.5. The molecule has 2 nitrogen and oxygen atoms in total. The monoisotopic (exact) mass is 238 g/mol. The first-order valence-corrected chi connectivity index (χ1v) is 6.82.